The second kappa shape index (κ2) is 11.2. The van der Waals surface area contributed by atoms with E-state index in [1.807, 2.05) is 0 Å². The number of rotatable bonds is 3. The molecule has 12 nitrogen and oxygen atoms in total. The van der Waals surface area contributed by atoms with E-state index in [9.17, 15) is 19.2 Å². The largest absolute Gasteiger partial charge is 0.490 e. The average Bonchev–Trinajstić information content (AvgIpc) is 3.51. The third-order valence-corrected chi connectivity index (χ3v) is 6.95. The van der Waals surface area contributed by atoms with Crippen LogP contribution in [0.25, 0.3) is 0 Å². The van der Waals surface area contributed by atoms with Crippen molar-refractivity contribution in [2.45, 2.75) is 37.4 Å². The standard InChI is InChI=1S/C24H35N7O5/c1-28-12-20(25)24(35)29(2)14-22(33)31-11-17(27-21(32)13-30-5-3-4-6-30)8-18(31)15-36-19-7-16(23(28)34)9-26-10-19/h7,9-10,17-18,20H,3-6,8,11-15,25H2,1-2H3,(H,27,32)/t17-,18-,20-/m0/s1. The highest BCUT2D eigenvalue weighted by Gasteiger charge is 2.37. The van der Waals surface area contributed by atoms with Crippen LogP contribution in [0.2, 0.25) is 0 Å². The van der Waals surface area contributed by atoms with E-state index in [1.54, 1.807) is 18.0 Å². The maximum Gasteiger partial charge on any atom is 0.255 e. The van der Waals surface area contributed by atoms with Gasteiger partial charge in [0.25, 0.3) is 5.91 Å². The molecule has 2 bridgehead atoms. The summed E-state index contributed by atoms with van der Waals surface area (Å²) in [4.78, 5) is 62.0. The molecule has 3 aliphatic rings. The molecule has 196 valence electrons. The summed E-state index contributed by atoms with van der Waals surface area (Å²) in [6.45, 7) is 2.51. The first-order valence-corrected chi connectivity index (χ1v) is 12.4. The molecule has 0 radical (unpaired) electrons. The summed E-state index contributed by atoms with van der Waals surface area (Å²) < 4.78 is 5.95. The van der Waals surface area contributed by atoms with Crippen LogP contribution < -0.4 is 15.8 Å². The number of likely N-dealkylation sites (tertiary alicyclic amines) is 1. The average molecular weight is 502 g/mol. The minimum absolute atomic E-state index is 0.0151. The van der Waals surface area contributed by atoms with Crippen molar-refractivity contribution < 1.29 is 23.9 Å². The van der Waals surface area contributed by atoms with E-state index in [0.29, 0.717) is 30.8 Å². The predicted octanol–water partition coefficient (Wildman–Crippen LogP) is -1.49. The maximum absolute atomic E-state index is 13.2. The molecule has 4 rings (SSSR count). The molecule has 3 atom stereocenters. The Morgan fingerprint density at radius 3 is 2.64 bits per heavy atom. The fourth-order valence-corrected chi connectivity index (χ4v) is 5.04. The minimum Gasteiger partial charge on any atom is -0.490 e. The van der Waals surface area contributed by atoms with Gasteiger partial charge in [0.05, 0.1) is 30.9 Å². The highest BCUT2D eigenvalue weighted by molar-refractivity contribution is 5.95. The normalized spacial score (nSPS) is 26.4. The Hall–Kier alpha value is -3.25. The van der Waals surface area contributed by atoms with Crippen LogP contribution in [0.3, 0.4) is 0 Å². The Balaban J connectivity index is 1.51. The number of nitrogens with two attached hydrogens (primary N) is 1. The van der Waals surface area contributed by atoms with Gasteiger partial charge in [-0.1, -0.05) is 0 Å². The van der Waals surface area contributed by atoms with Crippen molar-refractivity contribution in [3.63, 3.8) is 0 Å². The first-order valence-electron chi connectivity index (χ1n) is 12.4. The van der Waals surface area contributed by atoms with E-state index in [1.165, 1.54) is 29.2 Å². The summed E-state index contributed by atoms with van der Waals surface area (Å²) >= 11 is 0. The lowest BCUT2D eigenvalue weighted by Crippen LogP contribution is -2.52. The van der Waals surface area contributed by atoms with Crippen molar-refractivity contribution in [1.82, 2.24) is 29.9 Å². The van der Waals surface area contributed by atoms with E-state index < -0.39 is 11.9 Å². The molecule has 12 heteroatoms. The Morgan fingerprint density at radius 1 is 1.14 bits per heavy atom. The van der Waals surface area contributed by atoms with Crippen molar-refractivity contribution >= 4 is 23.6 Å². The molecule has 0 spiro atoms. The predicted molar refractivity (Wildman–Crippen MR) is 130 cm³/mol. The molecule has 3 N–H and O–H groups in total. The molecule has 1 aromatic rings. The molecule has 2 saturated heterocycles. The van der Waals surface area contributed by atoms with Crippen LogP contribution in [0.1, 0.15) is 29.6 Å². The molecule has 0 aromatic carbocycles. The number of nitrogens with zero attached hydrogens (tertiary/aromatic N) is 5. The molecule has 0 unspecified atom stereocenters. The molecule has 0 saturated carbocycles. The van der Waals surface area contributed by atoms with Gasteiger partial charge in [-0.25, -0.2) is 0 Å². The third-order valence-electron chi connectivity index (χ3n) is 6.95. The van der Waals surface area contributed by atoms with Gasteiger partial charge in [-0.2, -0.15) is 0 Å². The van der Waals surface area contributed by atoms with Crippen LogP contribution >= 0.6 is 0 Å². The fraction of sp³-hybridized carbons (Fsp3) is 0.625. The van der Waals surface area contributed by atoms with Crippen LogP contribution in [0, 0.1) is 0 Å². The summed E-state index contributed by atoms with van der Waals surface area (Å²) in [5, 5.41) is 3.06. The number of pyridine rings is 1. The topological polar surface area (TPSA) is 141 Å². The Kier molecular flexibility index (Phi) is 8.04. The molecule has 2 fully saturated rings. The molecule has 3 aliphatic heterocycles. The van der Waals surface area contributed by atoms with Crippen molar-refractivity contribution in [3.05, 3.63) is 24.0 Å². The zero-order chi connectivity index (χ0) is 25.8. The number of carbonyl (C=O) groups is 4. The second-order valence-corrected chi connectivity index (χ2v) is 9.89. The Morgan fingerprint density at radius 2 is 1.89 bits per heavy atom. The van der Waals surface area contributed by atoms with Gasteiger partial charge in [0.2, 0.25) is 17.7 Å². The number of aromatic nitrogens is 1. The molecule has 1 aromatic heterocycles. The highest BCUT2D eigenvalue weighted by atomic mass is 16.5. The first kappa shape index (κ1) is 25.8. The zero-order valence-corrected chi connectivity index (χ0v) is 20.9. The fourth-order valence-electron chi connectivity index (χ4n) is 5.04. The zero-order valence-electron chi connectivity index (χ0n) is 20.9. The lowest BCUT2D eigenvalue weighted by molar-refractivity contribution is -0.141. The monoisotopic (exact) mass is 501 g/mol. The molecule has 36 heavy (non-hydrogen) atoms. The Bertz CT molecular complexity index is 999. The molecule has 0 aliphatic carbocycles. The van der Waals surface area contributed by atoms with Crippen molar-refractivity contribution in [3.8, 4) is 5.75 Å². The number of hydrogen-bond donors (Lipinski definition) is 2. The van der Waals surface area contributed by atoms with Crippen LogP contribution in [-0.4, -0.2) is 126 Å². The summed E-state index contributed by atoms with van der Waals surface area (Å²) in [7, 11) is 3.07. The molecular weight excluding hydrogens is 466 g/mol. The number of amides is 4. The number of nitrogens with one attached hydrogen (secondary N) is 1. The summed E-state index contributed by atoms with van der Waals surface area (Å²) in [6.07, 6.45) is 5.66. The van der Waals surface area contributed by atoms with Gasteiger partial charge in [-0.05, 0) is 38.4 Å². The summed E-state index contributed by atoms with van der Waals surface area (Å²) in [5.74, 6) is -0.694. The van der Waals surface area contributed by atoms with Crippen molar-refractivity contribution in [1.29, 1.82) is 0 Å². The molecular formula is C24H35N7O5. The van der Waals surface area contributed by atoms with E-state index in [-0.39, 0.29) is 49.5 Å². The summed E-state index contributed by atoms with van der Waals surface area (Å²) in [6, 6.07) is 0.0566. The van der Waals surface area contributed by atoms with E-state index in [2.05, 4.69) is 15.2 Å². The smallest absolute Gasteiger partial charge is 0.255 e. The SMILES string of the molecule is CN1C[C@H](N)C(=O)N(C)CC(=O)N2C[C@@H](NC(=O)CN3CCCC3)C[C@H]2COc2cncc(c2)C1=O. The quantitative estimate of drug-likeness (QED) is 0.511. The number of fused-ring (bicyclic) bond motifs is 3. The lowest BCUT2D eigenvalue weighted by atomic mass is 10.1. The number of ether oxygens (including phenoxy) is 1. The van der Waals surface area contributed by atoms with Crippen molar-refractivity contribution in [2.75, 3.05) is 60.0 Å². The highest BCUT2D eigenvalue weighted by Crippen LogP contribution is 2.22. The summed E-state index contributed by atoms with van der Waals surface area (Å²) in [5.41, 5.74) is 6.39. The second-order valence-electron chi connectivity index (χ2n) is 9.89. The van der Waals surface area contributed by atoms with Gasteiger partial charge in [0.15, 0.2) is 0 Å². The molecule has 4 amide bonds. The van der Waals surface area contributed by atoms with Crippen LogP contribution in [-0.2, 0) is 14.4 Å². The van der Waals surface area contributed by atoms with Crippen LogP contribution in [0.15, 0.2) is 18.5 Å². The third kappa shape index (κ3) is 6.11. The van der Waals surface area contributed by atoms with E-state index in [0.717, 1.165) is 25.9 Å². The number of likely N-dealkylation sites (N-methyl/N-ethyl adjacent to an activating group) is 2. The minimum atomic E-state index is -0.985. The van der Waals surface area contributed by atoms with Gasteiger partial charge < -0.3 is 30.5 Å². The van der Waals surface area contributed by atoms with Gasteiger partial charge in [0.1, 0.15) is 18.4 Å². The van der Waals surface area contributed by atoms with Crippen molar-refractivity contribution in [2.24, 2.45) is 5.73 Å². The van der Waals surface area contributed by atoms with Gasteiger partial charge in [-0.3, -0.25) is 29.1 Å². The maximum atomic E-state index is 13.2. The van der Waals surface area contributed by atoms with E-state index >= 15 is 0 Å². The first-order chi connectivity index (χ1) is 17.2. The molecule has 4 heterocycles. The van der Waals surface area contributed by atoms with Gasteiger partial charge >= 0.3 is 0 Å². The van der Waals surface area contributed by atoms with Crippen LogP contribution in [0.4, 0.5) is 0 Å². The van der Waals surface area contributed by atoms with Gasteiger partial charge in [-0.15, -0.1) is 0 Å². The number of carbonyl (C=O) groups excluding carboxylic acids is 4. The van der Waals surface area contributed by atoms with E-state index in [4.69, 9.17) is 10.5 Å². The van der Waals surface area contributed by atoms with Gasteiger partial charge in [0, 0.05) is 39.4 Å². The number of hydrogen-bond acceptors (Lipinski definition) is 8. The lowest BCUT2D eigenvalue weighted by Gasteiger charge is -2.28. The Labute approximate surface area is 210 Å². The van der Waals surface area contributed by atoms with Crippen LogP contribution in [0.5, 0.6) is 5.75 Å².